The Bertz CT molecular complexity index is 1590. The van der Waals surface area contributed by atoms with Crippen molar-refractivity contribution in [2.24, 2.45) is 16.5 Å². The molecule has 19 nitrogen and oxygen atoms in total. The first-order valence-electron chi connectivity index (χ1n) is 12.0. The summed E-state index contributed by atoms with van der Waals surface area (Å²) >= 11 is 0. The molecule has 0 spiro atoms. The number of carboxylic acids is 4. The summed E-state index contributed by atoms with van der Waals surface area (Å²) in [4.78, 5) is 74.1. The number of carbonyl (C=O) groups is 6. The van der Waals surface area contributed by atoms with Gasteiger partial charge in [0, 0.05) is 12.1 Å². The van der Waals surface area contributed by atoms with Gasteiger partial charge in [-0.1, -0.05) is 6.07 Å². The topological polar surface area (TPSA) is 327 Å². The van der Waals surface area contributed by atoms with Gasteiger partial charge in [0.2, 0.25) is 0 Å². The van der Waals surface area contributed by atoms with Gasteiger partial charge in [-0.15, -0.1) is 0 Å². The van der Waals surface area contributed by atoms with Gasteiger partial charge in [0.1, 0.15) is 17.8 Å². The second-order valence-corrected chi connectivity index (χ2v) is 10.2. The Morgan fingerprint density at radius 3 is 1.93 bits per heavy atom. The van der Waals surface area contributed by atoms with Crippen LogP contribution in [0, 0.1) is 0 Å². The molecule has 2 rings (SSSR count). The standard InChI is InChI=1S/C24H26N6O13S/c25-24(26)28-13-4-1-11(2-5-13)23(40)43-14-6-3-12(10-27-44(41,42)30-17(22(38)39)9-19(33)34)15(7-14)20(35)29-16(21(36)37)8-18(31)32/h1-7,16-17,27,30H,8-10H2,(H,29,35)(H,31,32)(H,33,34)(H,36,37)(H,38,39)(H4,25,26,28)/t16-,17-/m0/s1. The lowest BCUT2D eigenvalue weighted by Crippen LogP contribution is -2.47. The van der Waals surface area contributed by atoms with E-state index in [2.05, 4.69) is 4.99 Å². The monoisotopic (exact) mass is 638 g/mol. The van der Waals surface area contributed by atoms with Gasteiger partial charge in [-0.3, -0.25) is 19.2 Å². The highest BCUT2D eigenvalue weighted by atomic mass is 32.2. The fraction of sp³-hybridized carbons (Fsp3) is 0.208. The maximum atomic E-state index is 13.0. The molecule has 0 aliphatic heterocycles. The average Bonchev–Trinajstić information content (AvgIpc) is 2.90. The number of aliphatic carboxylic acids is 4. The third-order valence-corrected chi connectivity index (χ3v) is 6.43. The minimum Gasteiger partial charge on any atom is -0.481 e. The van der Waals surface area contributed by atoms with E-state index in [0.29, 0.717) is 5.69 Å². The summed E-state index contributed by atoms with van der Waals surface area (Å²) in [7, 11) is -4.70. The SMILES string of the molecule is NC(N)=Nc1ccc(C(=O)Oc2ccc(CNS(=O)(=O)N[C@@H](CC(=O)O)C(=O)O)c(C(=O)N[C@@H](CC(=O)O)C(=O)O)c2)cc1. The van der Waals surface area contributed by atoms with E-state index in [1.807, 2.05) is 10.0 Å². The Labute approximate surface area is 247 Å². The first-order chi connectivity index (χ1) is 20.5. The minimum absolute atomic E-state index is 0.0233. The summed E-state index contributed by atoms with van der Waals surface area (Å²) in [5, 5.41) is 38.1. The largest absolute Gasteiger partial charge is 0.481 e. The summed E-state index contributed by atoms with van der Waals surface area (Å²) in [6.07, 6.45) is -2.11. The number of ether oxygens (including phenoxy) is 1. The van der Waals surface area contributed by atoms with Crippen molar-refractivity contribution in [3.63, 3.8) is 0 Å². The molecule has 11 N–H and O–H groups in total. The Kier molecular flexibility index (Phi) is 11.8. The van der Waals surface area contributed by atoms with Gasteiger partial charge in [0.05, 0.1) is 24.1 Å². The van der Waals surface area contributed by atoms with Crippen molar-refractivity contribution in [3.05, 3.63) is 59.2 Å². The summed E-state index contributed by atoms with van der Waals surface area (Å²) in [6, 6.07) is 4.71. The molecule has 0 unspecified atom stereocenters. The quantitative estimate of drug-likeness (QED) is 0.0429. The van der Waals surface area contributed by atoms with Crippen LogP contribution in [0.25, 0.3) is 0 Å². The summed E-state index contributed by atoms with van der Waals surface area (Å²) in [5.74, 6) is -9.25. The molecule has 2 aromatic rings. The molecular formula is C24H26N6O13S. The van der Waals surface area contributed by atoms with E-state index in [4.69, 9.17) is 31.5 Å². The van der Waals surface area contributed by atoms with E-state index in [9.17, 15) is 42.3 Å². The lowest BCUT2D eigenvalue weighted by molar-refractivity contribution is -0.145. The number of carbonyl (C=O) groups excluding carboxylic acids is 2. The molecule has 0 radical (unpaired) electrons. The lowest BCUT2D eigenvalue weighted by atomic mass is 10.1. The van der Waals surface area contributed by atoms with Crippen molar-refractivity contribution in [1.29, 1.82) is 0 Å². The smallest absolute Gasteiger partial charge is 0.343 e. The first-order valence-corrected chi connectivity index (χ1v) is 13.5. The molecule has 44 heavy (non-hydrogen) atoms. The van der Waals surface area contributed by atoms with E-state index in [0.717, 1.165) is 18.2 Å². The highest BCUT2D eigenvalue weighted by Crippen LogP contribution is 2.21. The predicted octanol–water partition coefficient (Wildman–Crippen LogP) is -1.68. The number of guanidine groups is 1. The average molecular weight is 639 g/mol. The van der Waals surface area contributed by atoms with Gasteiger partial charge in [-0.2, -0.15) is 17.9 Å². The van der Waals surface area contributed by atoms with Gasteiger partial charge in [-0.25, -0.2) is 14.6 Å². The Morgan fingerprint density at radius 2 is 1.41 bits per heavy atom. The zero-order chi connectivity index (χ0) is 33.2. The van der Waals surface area contributed by atoms with Crippen LogP contribution >= 0.6 is 0 Å². The highest BCUT2D eigenvalue weighted by Gasteiger charge is 2.28. The van der Waals surface area contributed by atoms with Crippen molar-refractivity contribution in [2.75, 3.05) is 0 Å². The van der Waals surface area contributed by atoms with Crippen LogP contribution in [-0.4, -0.2) is 82.6 Å². The number of rotatable bonds is 16. The summed E-state index contributed by atoms with van der Waals surface area (Å²) in [6.45, 7) is -0.741. The summed E-state index contributed by atoms with van der Waals surface area (Å²) in [5.41, 5.74) is 10.3. The molecule has 0 aromatic heterocycles. The molecule has 2 aromatic carbocycles. The van der Waals surface area contributed by atoms with Crippen LogP contribution in [0.5, 0.6) is 5.75 Å². The normalized spacial score (nSPS) is 12.3. The first kappa shape index (κ1) is 34.6. The molecule has 0 saturated heterocycles. The fourth-order valence-electron chi connectivity index (χ4n) is 3.34. The van der Waals surface area contributed by atoms with E-state index in [-0.39, 0.29) is 22.8 Å². The van der Waals surface area contributed by atoms with Crippen molar-refractivity contribution >= 4 is 57.6 Å². The van der Waals surface area contributed by atoms with E-state index in [1.165, 1.54) is 24.3 Å². The van der Waals surface area contributed by atoms with Crippen molar-refractivity contribution in [1.82, 2.24) is 14.8 Å². The van der Waals surface area contributed by atoms with Crippen LogP contribution in [0.2, 0.25) is 0 Å². The Balaban J connectivity index is 2.38. The molecule has 2 atom stereocenters. The van der Waals surface area contributed by atoms with E-state index in [1.54, 1.807) is 4.72 Å². The predicted molar refractivity (Wildman–Crippen MR) is 147 cm³/mol. The van der Waals surface area contributed by atoms with Gasteiger partial charge >= 0.3 is 29.8 Å². The lowest BCUT2D eigenvalue weighted by Gasteiger charge is -2.17. The van der Waals surface area contributed by atoms with Crippen molar-refractivity contribution in [3.8, 4) is 5.75 Å². The second-order valence-electron chi connectivity index (χ2n) is 8.69. The molecule has 0 heterocycles. The number of benzene rings is 2. The number of carboxylic acid groups (broad SMARTS) is 4. The Morgan fingerprint density at radius 1 is 0.841 bits per heavy atom. The van der Waals surface area contributed by atoms with E-state index < -0.39 is 83.0 Å². The van der Waals surface area contributed by atoms with Crippen LogP contribution < -0.4 is 31.0 Å². The van der Waals surface area contributed by atoms with Crippen molar-refractivity contribution < 1.29 is 62.3 Å². The van der Waals surface area contributed by atoms with Crippen LogP contribution in [0.4, 0.5) is 5.69 Å². The van der Waals surface area contributed by atoms with Gasteiger partial charge in [0.25, 0.3) is 16.1 Å². The number of nitrogens with one attached hydrogen (secondary N) is 3. The number of amides is 1. The van der Waals surface area contributed by atoms with Gasteiger partial charge in [0.15, 0.2) is 5.96 Å². The zero-order valence-electron chi connectivity index (χ0n) is 22.3. The third kappa shape index (κ3) is 11.0. The molecule has 236 valence electrons. The zero-order valence-corrected chi connectivity index (χ0v) is 23.1. The van der Waals surface area contributed by atoms with Gasteiger partial charge in [-0.05, 0) is 42.0 Å². The molecule has 0 saturated carbocycles. The molecule has 1 amide bonds. The fourth-order valence-corrected chi connectivity index (χ4v) is 4.33. The van der Waals surface area contributed by atoms with Crippen LogP contribution in [-0.2, 0) is 35.9 Å². The Hall–Kier alpha value is -5.60. The maximum absolute atomic E-state index is 13.0. The number of esters is 1. The molecule has 20 heteroatoms. The molecule has 0 aliphatic carbocycles. The van der Waals surface area contributed by atoms with Crippen LogP contribution in [0.15, 0.2) is 47.5 Å². The number of hydrogen-bond acceptors (Lipinski definition) is 10. The number of nitrogens with zero attached hydrogens (tertiary/aromatic N) is 1. The molecule has 0 bridgehead atoms. The number of aliphatic imine (C=N–C) groups is 1. The number of hydrogen-bond donors (Lipinski definition) is 9. The third-order valence-electron chi connectivity index (χ3n) is 5.31. The van der Waals surface area contributed by atoms with E-state index >= 15 is 0 Å². The van der Waals surface area contributed by atoms with Gasteiger partial charge < -0.3 is 41.9 Å². The second kappa shape index (κ2) is 15.0. The molecule has 0 fully saturated rings. The molecule has 0 aliphatic rings. The molecular weight excluding hydrogens is 612 g/mol. The number of nitrogens with two attached hydrogens (primary N) is 2. The van der Waals surface area contributed by atoms with Crippen LogP contribution in [0.1, 0.15) is 39.1 Å². The van der Waals surface area contributed by atoms with Crippen LogP contribution in [0.3, 0.4) is 0 Å². The minimum atomic E-state index is -4.70. The maximum Gasteiger partial charge on any atom is 0.343 e. The van der Waals surface area contributed by atoms with Crippen molar-refractivity contribution in [2.45, 2.75) is 31.5 Å². The highest BCUT2D eigenvalue weighted by molar-refractivity contribution is 7.87. The summed E-state index contributed by atoms with van der Waals surface area (Å²) < 4.78 is 33.6.